The zero-order chi connectivity index (χ0) is 10.7. The van der Waals surface area contributed by atoms with Crippen LogP contribution in [0, 0.1) is 0 Å². The van der Waals surface area contributed by atoms with Crippen molar-refractivity contribution in [2.75, 3.05) is 14.2 Å². The number of ether oxygens (including phenoxy) is 3. The first kappa shape index (κ1) is 10.2. The topological polar surface area (TPSA) is 27.7 Å². The Kier molecular flexibility index (Phi) is 3.04. The second-order valence-corrected chi connectivity index (χ2v) is 3.32. The molecule has 0 N–H and O–H groups in total. The van der Waals surface area contributed by atoms with Crippen molar-refractivity contribution in [3.8, 4) is 5.75 Å². The molecular formula is C12H14O3. The highest BCUT2D eigenvalue weighted by Crippen LogP contribution is 2.26. The van der Waals surface area contributed by atoms with Crippen LogP contribution in [0.3, 0.4) is 0 Å². The van der Waals surface area contributed by atoms with Crippen molar-refractivity contribution >= 4 is 6.08 Å². The molecule has 0 amide bonds. The SMILES string of the molecule is COC(OC)C1C=Cc2ccccc2O1. The van der Waals surface area contributed by atoms with Crippen LogP contribution in [-0.4, -0.2) is 26.6 Å². The second-order valence-electron chi connectivity index (χ2n) is 3.32. The van der Waals surface area contributed by atoms with Crippen LogP contribution in [0.1, 0.15) is 5.56 Å². The Morgan fingerprint density at radius 1 is 1.20 bits per heavy atom. The van der Waals surface area contributed by atoms with Gasteiger partial charge in [-0.1, -0.05) is 24.3 Å². The van der Waals surface area contributed by atoms with Crippen molar-refractivity contribution in [2.45, 2.75) is 12.4 Å². The van der Waals surface area contributed by atoms with Gasteiger partial charge in [0.15, 0.2) is 12.4 Å². The molecule has 0 aliphatic carbocycles. The van der Waals surface area contributed by atoms with Gasteiger partial charge >= 0.3 is 0 Å². The fraction of sp³-hybridized carbons (Fsp3) is 0.333. The predicted molar refractivity (Wildman–Crippen MR) is 57.7 cm³/mol. The van der Waals surface area contributed by atoms with Gasteiger partial charge in [0.25, 0.3) is 0 Å². The Morgan fingerprint density at radius 2 is 1.93 bits per heavy atom. The molecule has 0 fully saturated rings. The number of methoxy groups -OCH3 is 2. The van der Waals surface area contributed by atoms with Gasteiger partial charge < -0.3 is 14.2 Å². The van der Waals surface area contributed by atoms with E-state index < -0.39 is 0 Å². The van der Waals surface area contributed by atoms with E-state index in [0.29, 0.717) is 0 Å². The first-order valence-electron chi connectivity index (χ1n) is 4.84. The zero-order valence-electron chi connectivity index (χ0n) is 8.84. The standard InChI is InChI=1S/C12H14O3/c1-13-12(14-2)11-8-7-9-5-3-4-6-10(9)15-11/h3-8,11-12H,1-2H3. The van der Waals surface area contributed by atoms with Gasteiger partial charge in [-0.15, -0.1) is 0 Å². The van der Waals surface area contributed by atoms with Crippen molar-refractivity contribution in [1.82, 2.24) is 0 Å². The van der Waals surface area contributed by atoms with E-state index in [4.69, 9.17) is 14.2 Å². The number of fused-ring (bicyclic) bond motifs is 1. The van der Waals surface area contributed by atoms with Crippen LogP contribution in [0.4, 0.5) is 0 Å². The van der Waals surface area contributed by atoms with Gasteiger partial charge in [-0.3, -0.25) is 0 Å². The number of hydrogen-bond donors (Lipinski definition) is 0. The summed E-state index contributed by atoms with van der Waals surface area (Å²) in [5.74, 6) is 0.865. The van der Waals surface area contributed by atoms with Crippen LogP contribution in [-0.2, 0) is 9.47 Å². The van der Waals surface area contributed by atoms with Gasteiger partial charge in [0, 0.05) is 19.8 Å². The summed E-state index contributed by atoms with van der Waals surface area (Å²) < 4.78 is 16.1. The van der Waals surface area contributed by atoms with Crippen LogP contribution in [0.15, 0.2) is 30.3 Å². The van der Waals surface area contributed by atoms with Crippen molar-refractivity contribution in [3.63, 3.8) is 0 Å². The first-order chi connectivity index (χ1) is 7.35. The lowest BCUT2D eigenvalue weighted by Crippen LogP contribution is -2.34. The van der Waals surface area contributed by atoms with Gasteiger partial charge in [-0.05, 0) is 12.1 Å². The van der Waals surface area contributed by atoms with Crippen LogP contribution in [0.2, 0.25) is 0 Å². The third-order valence-corrected chi connectivity index (χ3v) is 2.38. The zero-order valence-corrected chi connectivity index (χ0v) is 8.84. The molecule has 3 heteroatoms. The maximum atomic E-state index is 5.74. The monoisotopic (exact) mass is 206 g/mol. The predicted octanol–water partition coefficient (Wildman–Crippen LogP) is 2.08. The summed E-state index contributed by atoms with van der Waals surface area (Å²) in [6.07, 6.45) is 3.42. The minimum absolute atomic E-state index is 0.185. The van der Waals surface area contributed by atoms with Gasteiger partial charge in [0.1, 0.15) is 5.75 Å². The molecular weight excluding hydrogens is 192 g/mol. The molecule has 3 nitrogen and oxygen atoms in total. The summed E-state index contributed by atoms with van der Waals surface area (Å²) in [6.45, 7) is 0. The maximum Gasteiger partial charge on any atom is 0.197 e. The van der Waals surface area contributed by atoms with Crippen molar-refractivity contribution in [1.29, 1.82) is 0 Å². The molecule has 2 rings (SSSR count). The lowest BCUT2D eigenvalue weighted by molar-refractivity contribution is -0.143. The lowest BCUT2D eigenvalue weighted by atomic mass is 10.1. The first-order valence-corrected chi connectivity index (χ1v) is 4.84. The van der Waals surface area contributed by atoms with Crippen LogP contribution >= 0.6 is 0 Å². The molecule has 0 spiro atoms. The number of benzene rings is 1. The minimum atomic E-state index is -0.366. The molecule has 1 heterocycles. The Labute approximate surface area is 89.3 Å². The summed E-state index contributed by atoms with van der Waals surface area (Å²) in [7, 11) is 3.21. The molecule has 1 aromatic carbocycles. The van der Waals surface area contributed by atoms with E-state index in [9.17, 15) is 0 Å². The lowest BCUT2D eigenvalue weighted by Gasteiger charge is -2.26. The fourth-order valence-electron chi connectivity index (χ4n) is 1.62. The van der Waals surface area contributed by atoms with E-state index >= 15 is 0 Å². The third kappa shape index (κ3) is 2.03. The average molecular weight is 206 g/mol. The van der Waals surface area contributed by atoms with E-state index in [1.807, 2.05) is 36.4 Å². The minimum Gasteiger partial charge on any atom is -0.480 e. The summed E-state index contributed by atoms with van der Waals surface area (Å²) >= 11 is 0. The molecule has 1 atom stereocenters. The van der Waals surface area contributed by atoms with E-state index in [2.05, 4.69) is 0 Å². The number of para-hydroxylation sites is 1. The molecule has 15 heavy (non-hydrogen) atoms. The highest BCUT2D eigenvalue weighted by Gasteiger charge is 2.23. The van der Waals surface area contributed by atoms with Crippen molar-refractivity contribution < 1.29 is 14.2 Å². The van der Waals surface area contributed by atoms with E-state index in [0.717, 1.165) is 11.3 Å². The Balaban J connectivity index is 2.18. The number of hydrogen-bond acceptors (Lipinski definition) is 3. The molecule has 0 radical (unpaired) electrons. The van der Waals surface area contributed by atoms with E-state index in [-0.39, 0.29) is 12.4 Å². The molecule has 1 aromatic rings. The Bertz CT molecular complexity index is 356. The van der Waals surface area contributed by atoms with E-state index in [1.165, 1.54) is 0 Å². The molecule has 80 valence electrons. The molecule has 0 aromatic heterocycles. The van der Waals surface area contributed by atoms with Gasteiger partial charge in [-0.25, -0.2) is 0 Å². The van der Waals surface area contributed by atoms with Crippen LogP contribution < -0.4 is 4.74 Å². The average Bonchev–Trinajstić information content (AvgIpc) is 2.30. The van der Waals surface area contributed by atoms with Crippen molar-refractivity contribution in [3.05, 3.63) is 35.9 Å². The normalized spacial score (nSPS) is 18.7. The van der Waals surface area contributed by atoms with Crippen molar-refractivity contribution in [2.24, 2.45) is 0 Å². The summed E-state index contributed by atoms with van der Waals surface area (Å²) in [5.41, 5.74) is 1.08. The highest BCUT2D eigenvalue weighted by atomic mass is 16.7. The fourth-order valence-corrected chi connectivity index (χ4v) is 1.62. The molecule has 1 aliphatic rings. The highest BCUT2D eigenvalue weighted by molar-refractivity contribution is 5.59. The molecule has 0 saturated carbocycles. The van der Waals surface area contributed by atoms with Crippen LogP contribution in [0.5, 0.6) is 5.75 Å². The van der Waals surface area contributed by atoms with Gasteiger partial charge in [0.2, 0.25) is 0 Å². The van der Waals surface area contributed by atoms with Gasteiger partial charge in [-0.2, -0.15) is 0 Å². The summed E-state index contributed by atoms with van der Waals surface area (Å²) in [6, 6.07) is 7.88. The molecule has 1 aliphatic heterocycles. The summed E-state index contributed by atoms with van der Waals surface area (Å²) in [4.78, 5) is 0. The maximum absolute atomic E-state index is 5.74. The Hall–Kier alpha value is -1.32. The van der Waals surface area contributed by atoms with E-state index in [1.54, 1.807) is 14.2 Å². The molecule has 0 bridgehead atoms. The third-order valence-electron chi connectivity index (χ3n) is 2.38. The largest absolute Gasteiger partial charge is 0.480 e. The summed E-state index contributed by atoms with van der Waals surface area (Å²) in [5, 5.41) is 0. The smallest absolute Gasteiger partial charge is 0.197 e. The second kappa shape index (κ2) is 4.47. The quantitative estimate of drug-likeness (QED) is 0.709. The van der Waals surface area contributed by atoms with Gasteiger partial charge in [0.05, 0.1) is 0 Å². The Morgan fingerprint density at radius 3 is 2.67 bits per heavy atom. The number of rotatable bonds is 3. The molecule has 1 unspecified atom stereocenters. The molecule has 0 saturated heterocycles. The van der Waals surface area contributed by atoms with Crippen LogP contribution in [0.25, 0.3) is 6.08 Å².